The van der Waals surface area contributed by atoms with E-state index >= 15 is 0 Å². The van der Waals surface area contributed by atoms with Crippen LogP contribution >= 0.6 is 10.7 Å². The van der Waals surface area contributed by atoms with Crippen molar-refractivity contribution in [2.45, 2.75) is 37.1 Å². The summed E-state index contributed by atoms with van der Waals surface area (Å²) in [6, 6.07) is 1.02. The molecule has 0 aliphatic carbocycles. The number of amides is 1. The summed E-state index contributed by atoms with van der Waals surface area (Å²) in [6.07, 6.45) is 1.50. The summed E-state index contributed by atoms with van der Waals surface area (Å²) in [7, 11) is 0.856. The van der Waals surface area contributed by atoms with Crippen molar-refractivity contribution in [3.63, 3.8) is 0 Å². The zero-order valence-electron chi connectivity index (χ0n) is 11.5. The molecule has 0 saturated carbocycles. The molecule has 8 heteroatoms. The highest BCUT2D eigenvalue weighted by Gasteiger charge is 2.38. The van der Waals surface area contributed by atoms with Gasteiger partial charge in [0, 0.05) is 22.8 Å². The Bertz CT molecular complexity index is 704. The average molecular weight is 338 g/mol. The molecule has 21 heavy (non-hydrogen) atoms. The zero-order chi connectivity index (χ0) is 16.0. The summed E-state index contributed by atoms with van der Waals surface area (Å²) >= 11 is 0. The number of carbonyl (C=O) groups excluding carboxylic acids is 1. The molecule has 1 amide bonds. The molecule has 0 N–H and O–H groups in total. The molecule has 0 radical (unpaired) electrons. The molecule has 116 valence electrons. The maximum Gasteiger partial charge on any atom is 0.262 e. The third-order valence-corrected chi connectivity index (χ3v) is 5.02. The lowest BCUT2D eigenvalue weighted by atomic mass is 10.0. The minimum atomic E-state index is -4.37. The predicted octanol–water partition coefficient (Wildman–Crippen LogP) is 2.91. The van der Waals surface area contributed by atoms with Gasteiger partial charge in [-0.3, -0.25) is 4.79 Å². The lowest BCUT2D eigenvalue weighted by molar-refractivity contribution is 0.0647. The molecule has 0 spiro atoms. The molecule has 0 atom stereocenters. The number of hydrogen-bond donors (Lipinski definition) is 0. The maximum absolute atomic E-state index is 13.4. The van der Waals surface area contributed by atoms with E-state index in [1.807, 2.05) is 13.8 Å². The lowest BCUT2D eigenvalue weighted by Crippen LogP contribution is -2.43. The van der Waals surface area contributed by atoms with Crippen molar-refractivity contribution in [3.05, 3.63) is 29.3 Å². The van der Waals surface area contributed by atoms with Crippen molar-refractivity contribution < 1.29 is 22.0 Å². The molecule has 1 aliphatic heterocycles. The van der Waals surface area contributed by atoms with E-state index in [9.17, 15) is 22.0 Å². The Hall–Kier alpha value is -1.21. The Morgan fingerprint density at radius 1 is 1.29 bits per heavy atom. The molecular weight excluding hydrogens is 324 g/mol. The van der Waals surface area contributed by atoms with Gasteiger partial charge in [-0.2, -0.15) is 0 Å². The first kappa shape index (κ1) is 16.2. The highest BCUT2D eigenvalue weighted by atomic mass is 35.7. The molecule has 1 saturated heterocycles. The standard InChI is InChI=1S/C13H14ClF2NO3S/c1-13(2)4-3-5-17(13)12(18)8-6-9(15)10(16)7-11(8)21(14,19)20/h6-7H,3-5H2,1-2H3. The molecule has 1 aromatic rings. The first-order chi connectivity index (χ1) is 9.54. The molecule has 0 aromatic heterocycles. The largest absolute Gasteiger partial charge is 0.333 e. The lowest BCUT2D eigenvalue weighted by Gasteiger charge is -2.32. The minimum Gasteiger partial charge on any atom is -0.333 e. The van der Waals surface area contributed by atoms with Crippen LogP contribution in [0.3, 0.4) is 0 Å². The van der Waals surface area contributed by atoms with Gasteiger partial charge in [-0.15, -0.1) is 0 Å². The fraction of sp³-hybridized carbons (Fsp3) is 0.462. The maximum atomic E-state index is 13.4. The van der Waals surface area contributed by atoms with Gasteiger partial charge in [0.25, 0.3) is 15.0 Å². The van der Waals surface area contributed by atoms with Crippen molar-refractivity contribution in [3.8, 4) is 0 Å². The Labute approximate surface area is 126 Å². The fourth-order valence-electron chi connectivity index (χ4n) is 2.53. The van der Waals surface area contributed by atoms with Gasteiger partial charge < -0.3 is 4.90 Å². The summed E-state index contributed by atoms with van der Waals surface area (Å²) in [5, 5.41) is 0. The SMILES string of the molecule is CC1(C)CCCN1C(=O)c1cc(F)c(F)cc1S(=O)(=O)Cl. The highest BCUT2D eigenvalue weighted by molar-refractivity contribution is 8.13. The third kappa shape index (κ3) is 3.03. The smallest absolute Gasteiger partial charge is 0.262 e. The summed E-state index contributed by atoms with van der Waals surface area (Å²) in [6.45, 7) is 4.08. The fourth-order valence-corrected chi connectivity index (χ4v) is 3.56. The first-order valence-electron chi connectivity index (χ1n) is 6.30. The second kappa shape index (κ2) is 5.21. The van der Waals surface area contributed by atoms with Crippen LogP contribution in [0.25, 0.3) is 0 Å². The number of nitrogens with zero attached hydrogens (tertiary/aromatic N) is 1. The predicted molar refractivity (Wildman–Crippen MR) is 73.7 cm³/mol. The van der Waals surface area contributed by atoms with Crippen LogP contribution in [-0.2, 0) is 9.05 Å². The first-order valence-corrected chi connectivity index (χ1v) is 8.60. The van der Waals surface area contributed by atoms with Crippen LogP contribution < -0.4 is 0 Å². The number of likely N-dealkylation sites (tertiary alicyclic amines) is 1. The van der Waals surface area contributed by atoms with E-state index in [0.717, 1.165) is 12.8 Å². The molecule has 0 bridgehead atoms. The number of carbonyl (C=O) groups is 1. The van der Waals surface area contributed by atoms with Gasteiger partial charge in [0.05, 0.1) is 10.5 Å². The summed E-state index contributed by atoms with van der Waals surface area (Å²) in [5.41, 5.74) is -0.922. The minimum absolute atomic E-state index is 0.423. The normalized spacial score (nSPS) is 18.0. The second-order valence-electron chi connectivity index (χ2n) is 5.57. The summed E-state index contributed by atoms with van der Waals surface area (Å²) < 4.78 is 49.7. The molecule has 4 nitrogen and oxygen atoms in total. The van der Waals surface area contributed by atoms with E-state index in [1.54, 1.807) is 0 Å². The van der Waals surface area contributed by atoms with Crippen LogP contribution in [0.5, 0.6) is 0 Å². The molecule has 1 aliphatic rings. The van der Waals surface area contributed by atoms with Gasteiger partial charge in [-0.25, -0.2) is 17.2 Å². The van der Waals surface area contributed by atoms with Crippen molar-refractivity contribution in [2.75, 3.05) is 6.54 Å². The van der Waals surface area contributed by atoms with Gasteiger partial charge in [0.1, 0.15) is 0 Å². The molecule has 0 unspecified atom stereocenters. The number of rotatable bonds is 2. The van der Waals surface area contributed by atoms with Crippen LogP contribution in [0.2, 0.25) is 0 Å². The van der Waals surface area contributed by atoms with E-state index in [2.05, 4.69) is 0 Å². The Morgan fingerprint density at radius 3 is 2.33 bits per heavy atom. The number of benzene rings is 1. The quantitative estimate of drug-likeness (QED) is 0.780. The van der Waals surface area contributed by atoms with Crippen LogP contribution in [0.1, 0.15) is 37.0 Å². The van der Waals surface area contributed by atoms with Gasteiger partial charge in [-0.1, -0.05) is 0 Å². The number of hydrogen-bond acceptors (Lipinski definition) is 3. The van der Waals surface area contributed by atoms with E-state index in [4.69, 9.17) is 10.7 Å². The monoisotopic (exact) mass is 337 g/mol. The molecule has 1 fully saturated rings. The van der Waals surface area contributed by atoms with Crippen LogP contribution in [0.4, 0.5) is 8.78 Å². The Morgan fingerprint density at radius 2 is 1.86 bits per heavy atom. The van der Waals surface area contributed by atoms with Crippen LogP contribution in [-0.4, -0.2) is 31.3 Å². The molecule has 1 heterocycles. The van der Waals surface area contributed by atoms with E-state index in [0.29, 0.717) is 18.7 Å². The average Bonchev–Trinajstić information content (AvgIpc) is 2.69. The Balaban J connectivity index is 2.58. The van der Waals surface area contributed by atoms with Crippen LogP contribution in [0, 0.1) is 11.6 Å². The summed E-state index contributed by atoms with van der Waals surface area (Å²) in [4.78, 5) is 13.2. The second-order valence-corrected chi connectivity index (χ2v) is 8.11. The van der Waals surface area contributed by atoms with Gasteiger partial charge in [0.15, 0.2) is 11.6 Å². The zero-order valence-corrected chi connectivity index (χ0v) is 13.1. The van der Waals surface area contributed by atoms with Crippen molar-refractivity contribution >= 4 is 25.6 Å². The van der Waals surface area contributed by atoms with E-state index in [1.165, 1.54) is 4.90 Å². The molecule has 2 rings (SSSR count). The summed E-state index contributed by atoms with van der Waals surface area (Å²) in [5.74, 6) is -3.33. The highest BCUT2D eigenvalue weighted by Crippen LogP contribution is 2.32. The Kier molecular flexibility index (Phi) is 4.01. The van der Waals surface area contributed by atoms with Crippen molar-refractivity contribution in [1.82, 2.24) is 4.90 Å². The molecular formula is C13H14ClF2NO3S. The third-order valence-electron chi connectivity index (χ3n) is 3.66. The number of halogens is 3. The van der Waals surface area contributed by atoms with Gasteiger partial charge in [0.2, 0.25) is 0 Å². The van der Waals surface area contributed by atoms with E-state index < -0.39 is 42.6 Å². The van der Waals surface area contributed by atoms with Gasteiger partial charge >= 0.3 is 0 Å². The van der Waals surface area contributed by atoms with Crippen LogP contribution in [0.15, 0.2) is 17.0 Å². The van der Waals surface area contributed by atoms with Crippen molar-refractivity contribution in [1.29, 1.82) is 0 Å². The van der Waals surface area contributed by atoms with Crippen molar-refractivity contribution in [2.24, 2.45) is 0 Å². The topological polar surface area (TPSA) is 54.5 Å². The van der Waals surface area contributed by atoms with Gasteiger partial charge in [-0.05, 0) is 38.8 Å². The molecule has 1 aromatic carbocycles. The van der Waals surface area contributed by atoms with E-state index in [-0.39, 0.29) is 0 Å².